The van der Waals surface area contributed by atoms with Gasteiger partial charge < -0.3 is 5.73 Å². The highest BCUT2D eigenvalue weighted by Crippen LogP contribution is 2.25. The molecule has 0 aliphatic carbocycles. The number of para-hydroxylation sites is 1. The van der Waals surface area contributed by atoms with Crippen LogP contribution in [0.25, 0.3) is 10.9 Å². The van der Waals surface area contributed by atoms with Crippen LogP contribution in [-0.2, 0) is 6.54 Å². The number of nitrogens with zero attached hydrogens (tertiary/aromatic N) is 2. The van der Waals surface area contributed by atoms with E-state index in [1.54, 1.807) is 0 Å². The minimum atomic E-state index is 0.713. The van der Waals surface area contributed by atoms with Gasteiger partial charge in [-0.15, -0.1) is 0 Å². The van der Waals surface area contributed by atoms with Crippen LogP contribution in [0.1, 0.15) is 31.2 Å². The van der Waals surface area contributed by atoms with Crippen LogP contribution >= 0.6 is 0 Å². The number of aromatic nitrogens is 1. The third kappa shape index (κ3) is 2.84. The Morgan fingerprint density at radius 1 is 1.25 bits per heavy atom. The van der Waals surface area contributed by atoms with Crippen molar-refractivity contribution in [1.29, 1.82) is 0 Å². The molecule has 0 bridgehead atoms. The first-order valence-electron chi connectivity index (χ1n) is 7.65. The van der Waals surface area contributed by atoms with Gasteiger partial charge in [-0.2, -0.15) is 0 Å². The molecule has 1 aromatic heterocycles. The lowest BCUT2D eigenvalue weighted by atomic mass is 10.1. The molecule has 1 unspecified atom stereocenters. The summed E-state index contributed by atoms with van der Waals surface area (Å²) in [5.41, 5.74) is 8.15. The Hall–Kier alpha value is -1.45. The van der Waals surface area contributed by atoms with Crippen molar-refractivity contribution >= 4 is 10.9 Å². The first-order chi connectivity index (χ1) is 9.88. The van der Waals surface area contributed by atoms with Crippen molar-refractivity contribution < 1.29 is 0 Å². The molecule has 1 aliphatic heterocycles. The Morgan fingerprint density at radius 3 is 3.05 bits per heavy atom. The lowest BCUT2D eigenvalue weighted by molar-refractivity contribution is 0.233. The van der Waals surface area contributed by atoms with E-state index in [-0.39, 0.29) is 0 Å². The lowest BCUT2D eigenvalue weighted by Crippen LogP contribution is -2.29. The maximum Gasteiger partial charge on any atom is 0.0705 e. The first-order valence-corrected chi connectivity index (χ1v) is 7.65. The van der Waals surface area contributed by atoms with Gasteiger partial charge in [0, 0.05) is 24.2 Å². The topological polar surface area (TPSA) is 42.1 Å². The van der Waals surface area contributed by atoms with E-state index in [2.05, 4.69) is 40.2 Å². The second-order valence-electron chi connectivity index (χ2n) is 5.68. The molecule has 0 spiro atoms. The molecule has 3 rings (SSSR count). The van der Waals surface area contributed by atoms with E-state index in [4.69, 9.17) is 5.73 Å². The SMILES string of the molecule is NCCCC1CCCN1Cc1ccnc2ccccc12. The fourth-order valence-electron chi connectivity index (χ4n) is 3.30. The normalized spacial score (nSPS) is 19.8. The Bertz CT molecular complexity index is 562. The number of likely N-dealkylation sites (tertiary alicyclic amines) is 1. The maximum absolute atomic E-state index is 5.65. The molecule has 2 aromatic rings. The third-order valence-corrected chi connectivity index (χ3v) is 4.35. The van der Waals surface area contributed by atoms with E-state index in [1.165, 1.54) is 36.8 Å². The quantitative estimate of drug-likeness (QED) is 0.907. The number of fused-ring (bicyclic) bond motifs is 1. The maximum atomic E-state index is 5.65. The summed E-state index contributed by atoms with van der Waals surface area (Å²) in [6.07, 6.45) is 6.95. The van der Waals surface area contributed by atoms with E-state index in [0.29, 0.717) is 6.04 Å². The largest absolute Gasteiger partial charge is 0.330 e. The molecular formula is C17H23N3. The number of nitrogens with two attached hydrogens (primary N) is 1. The molecule has 0 radical (unpaired) electrons. The van der Waals surface area contributed by atoms with Gasteiger partial charge in [0.1, 0.15) is 0 Å². The highest BCUT2D eigenvalue weighted by molar-refractivity contribution is 5.81. The molecule has 1 fully saturated rings. The Morgan fingerprint density at radius 2 is 2.15 bits per heavy atom. The summed E-state index contributed by atoms with van der Waals surface area (Å²) in [7, 11) is 0. The monoisotopic (exact) mass is 269 g/mol. The summed E-state index contributed by atoms with van der Waals surface area (Å²) in [4.78, 5) is 7.07. The molecule has 3 nitrogen and oxygen atoms in total. The van der Waals surface area contributed by atoms with Crippen LogP contribution in [0.15, 0.2) is 36.5 Å². The summed E-state index contributed by atoms with van der Waals surface area (Å²) >= 11 is 0. The summed E-state index contributed by atoms with van der Waals surface area (Å²) in [5, 5.41) is 1.29. The highest BCUT2D eigenvalue weighted by atomic mass is 15.2. The average molecular weight is 269 g/mol. The molecule has 0 amide bonds. The molecule has 1 atom stereocenters. The molecule has 0 saturated carbocycles. The highest BCUT2D eigenvalue weighted by Gasteiger charge is 2.24. The van der Waals surface area contributed by atoms with Gasteiger partial charge in [-0.3, -0.25) is 9.88 Å². The minimum absolute atomic E-state index is 0.713. The van der Waals surface area contributed by atoms with Gasteiger partial charge in [0.15, 0.2) is 0 Å². The van der Waals surface area contributed by atoms with E-state index in [0.717, 1.165) is 25.0 Å². The van der Waals surface area contributed by atoms with Crippen molar-refractivity contribution in [3.8, 4) is 0 Å². The van der Waals surface area contributed by atoms with Gasteiger partial charge in [-0.1, -0.05) is 18.2 Å². The second-order valence-corrected chi connectivity index (χ2v) is 5.68. The summed E-state index contributed by atoms with van der Waals surface area (Å²) in [6, 6.07) is 11.3. The summed E-state index contributed by atoms with van der Waals surface area (Å²) in [6.45, 7) is 3.06. The van der Waals surface area contributed by atoms with Crippen LogP contribution in [0.2, 0.25) is 0 Å². The van der Waals surface area contributed by atoms with Crippen molar-refractivity contribution in [2.24, 2.45) is 5.73 Å². The van der Waals surface area contributed by atoms with Crippen LogP contribution in [0.4, 0.5) is 0 Å². The fraction of sp³-hybridized carbons (Fsp3) is 0.471. The minimum Gasteiger partial charge on any atom is -0.330 e. The Balaban J connectivity index is 1.78. The van der Waals surface area contributed by atoms with Crippen molar-refractivity contribution in [1.82, 2.24) is 9.88 Å². The third-order valence-electron chi connectivity index (χ3n) is 4.35. The zero-order valence-electron chi connectivity index (χ0n) is 12.0. The van der Waals surface area contributed by atoms with Crippen LogP contribution in [0, 0.1) is 0 Å². The summed E-state index contributed by atoms with van der Waals surface area (Å²) < 4.78 is 0. The van der Waals surface area contributed by atoms with Crippen LogP contribution in [-0.4, -0.2) is 29.0 Å². The number of pyridine rings is 1. The standard InChI is InChI=1S/C17H23N3/c18-10-3-5-15-6-4-12-20(15)13-14-9-11-19-17-8-2-1-7-16(14)17/h1-2,7-9,11,15H,3-6,10,12-13,18H2. The molecule has 1 aliphatic rings. The van der Waals surface area contributed by atoms with E-state index in [1.807, 2.05) is 6.20 Å². The predicted octanol–water partition coefficient (Wildman–Crippen LogP) is 2.94. The molecule has 2 heterocycles. The van der Waals surface area contributed by atoms with Crippen molar-refractivity contribution in [2.45, 2.75) is 38.3 Å². The number of hydrogen-bond acceptors (Lipinski definition) is 3. The lowest BCUT2D eigenvalue weighted by Gasteiger charge is -2.25. The van der Waals surface area contributed by atoms with E-state index < -0.39 is 0 Å². The molecule has 3 heteroatoms. The van der Waals surface area contributed by atoms with Crippen LogP contribution in [0.3, 0.4) is 0 Å². The first kappa shape index (κ1) is 13.5. The molecule has 106 valence electrons. The van der Waals surface area contributed by atoms with Gasteiger partial charge in [-0.25, -0.2) is 0 Å². The average Bonchev–Trinajstić information content (AvgIpc) is 2.93. The van der Waals surface area contributed by atoms with Crippen molar-refractivity contribution in [3.05, 3.63) is 42.1 Å². The van der Waals surface area contributed by atoms with Crippen LogP contribution < -0.4 is 5.73 Å². The van der Waals surface area contributed by atoms with Gasteiger partial charge in [0.05, 0.1) is 5.52 Å². The zero-order valence-corrected chi connectivity index (χ0v) is 12.0. The molecule has 20 heavy (non-hydrogen) atoms. The predicted molar refractivity (Wildman–Crippen MR) is 83.5 cm³/mol. The number of rotatable bonds is 5. The molecule has 2 N–H and O–H groups in total. The van der Waals surface area contributed by atoms with E-state index in [9.17, 15) is 0 Å². The van der Waals surface area contributed by atoms with Gasteiger partial charge >= 0.3 is 0 Å². The molecule has 1 saturated heterocycles. The van der Waals surface area contributed by atoms with E-state index >= 15 is 0 Å². The number of benzene rings is 1. The molecule has 1 aromatic carbocycles. The fourth-order valence-corrected chi connectivity index (χ4v) is 3.30. The molecular weight excluding hydrogens is 246 g/mol. The smallest absolute Gasteiger partial charge is 0.0705 e. The van der Waals surface area contributed by atoms with Gasteiger partial charge in [0.25, 0.3) is 0 Å². The van der Waals surface area contributed by atoms with Crippen LogP contribution in [0.5, 0.6) is 0 Å². The Labute approximate surface area is 120 Å². The number of hydrogen-bond donors (Lipinski definition) is 1. The van der Waals surface area contributed by atoms with Gasteiger partial charge in [-0.05, 0) is 56.5 Å². The van der Waals surface area contributed by atoms with Gasteiger partial charge in [0.2, 0.25) is 0 Å². The Kier molecular flexibility index (Phi) is 4.28. The second kappa shape index (κ2) is 6.33. The zero-order chi connectivity index (χ0) is 13.8. The van der Waals surface area contributed by atoms with Crippen molar-refractivity contribution in [2.75, 3.05) is 13.1 Å². The summed E-state index contributed by atoms with van der Waals surface area (Å²) in [5.74, 6) is 0. The van der Waals surface area contributed by atoms with Crippen molar-refractivity contribution in [3.63, 3.8) is 0 Å².